The highest BCUT2D eigenvalue weighted by molar-refractivity contribution is 5.15. The standard InChI is InChI=1S/C18H29NO/c1-16(2)11-17(3,4)13-18(12-16,14-20)19-10-15-8-6-5-7-9-15/h5-9,19-20H,10-14H2,1-4H3. The second-order valence-corrected chi connectivity index (χ2v) is 8.14. The van der Waals surface area contributed by atoms with Crippen LogP contribution < -0.4 is 5.32 Å². The van der Waals surface area contributed by atoms with Crippen LogP contribution in [0.15, 0.2) is 30.3 Å². The third kappa shape index (κ3) is 3.83. The lowest BCUT2D eigenvalue weighted by Gasteiger charge is -2.52. The number of rotatable bonds is 4. The van der Waals surface area contributed by atoms with Crippen LogP contribution in [0.25, 0.3) is 0 Å². The summed E-state index contributed by atoms with van der Waals surface area (Å²) in [5.74, 6) is 0. The molecule has 1 aliphatic rings. The summed E-state index contributed by atoms with van der Waals surface area (Å²) in [6.07, 6.45) is 3.29. The molecule has 2 rings (SSSR count). The van der Waals surface area contributed by atoms with Crippen molar-refractivity contribution < 1.29 is 5.11 Å². The van der Waals surface area contributed by atoms with Gasteiger partial charge in [0.15, 0.2) is 0 Å². The van der Waals surface area contributed by atoms with Crippen molar-refractivity contribution in [3.8, 4) is 0 Å². The van der Waals surface area contributed by atoms with Crippen LogP contribution in [-0.2, 0) is 6.54 Å². The molecule has 0 atom stereocenters. The highest BCUT2D eigenvalue weighted by Crippen LogP contribution is 2.49. The molecule has 2 N–H and O–H groups in total. The van der Waals surface area contributed by atoms with E-state index in [9.17, 15) is 5.11 Å². The molecule has 2 heteroatoms. The van der Waals surface area contributed by atoms with Crippen LogP contribution in [0.3, 0.4) is 0 Å². The minimum atomic E-state index is -0.152. The number of benzene rings is 1. The highest BCUT2D eigenvalue weighted by atomic mass is 16.3. The molecular formula is C18H29NO. The van der Waals surface area contributed by atoms with Gasteiger partial charge in [0.05, 0.1) is 6.61 Å². The van der Waals surface area contributed by atoms with Gasteiger partial charge in [-0.1, -0.05) is 58.0 Å². The Bertz CT molecular complexity index is 420. The predicted molar refractivity (Wildman–Crippen MR) is 84.5 cm³/mol. The summed E-state index contributed by atoms with van der Waals surface area (Å²) in [7, 11) is 0. The molecule has 2 nitrogen and oxygen atoms in total. The maximum atomic E-state index is 10.0. The third-order valence-electron chi connectivity index (χ3n) is 4.40. The van der Waals surface area contributed by atoms with Gasteiger partial charge in [0.1, 0.15) is 0 Å². The van der Waals surface area contributed by atoms with Crippen LogP contribution in [0.4, 0.5) is 0 Å². The Kier molecular flexibility index (Phi) is 4.27. The van der Waals surface area contributed by atoms with E-state index in [-0.39, 0.29) is 23.0 Å². The van der Waals surface area contributed by atoms with Gasteiger partial charge in [0.25, 0.3) is 0 Å². The first-order chi connectivity index (χ1) is 9.26. The lowest BCUT2D eigenvalue weighted by Crippen LogP contribution is -2.57. The summed E-state index contributed by atoms with van der Waals surface area (Å²) >= 11 is 0. The number of aliphatic hydroxyl groups is 1. The molecule has 1 saturated carbocycles. The first-order valence-electron chi connectivity index (χ1n) is 7.66. The smallest absolute Gasteiger partial charge is 0.0613 e. The molecule has 0 heterocycles. The van der Waals surface area contributed by atoms with E-state index in [1.165, 1.54) is 12.0 Å². The summed E-state index contributed by atoms with van der Waals surface area (Å²) in [4.78, 5) is 0. The van der Waals surface area contributed by atoms with Crippen molar-refractivity contribution in [3.63, 3.8) is 0 Å². The van der Waals surface area contributed by atoms with Gasteiger partial charge < -0.3 is 10.4 Å². The van der Waals surface area contributed by atoms with E-state index in [4.69, 9.17) is 0 Å². The fourth-order valence-corrected chi connectivity index (χ4v) is 4.49. The summed E-state index contributed by atoms with van der Waals surface area (Å²) < 4.78 is 0. The molecule has 0 saturated heterocycles. The molecule has 1 aromatic carbocycles. The maximum absolute atomic E-state index is 10.0. The number of hydrogen-bond donors (Lipinski definition) is 2. The van der Waals surface area contributed by atoms with Gasteiger partial charge >= 0.3 is 0 Å². The van der Waals surface area contributed by atoms with E-state index in [0.29, 0.717) is 0 Å². The molecule has 0 amide bonds. The zero-order valence-corrected chi connectivity index (χ0v) is 13.4. The lowest BCUT2D eigenvalue weighted by molar-refractivity contribution is -0.00408. The van der Waals surface area contributed by atoms with Gasteiger partial charge in [0, 0.05) is 12.1 Å². The van der Waals surface area contributed by atoms with Crippen molar-refractivity contribution in [2.75, 3.05) is 6.61 Å². The van der Waals surface area contributed by atoms with Crippen molar-refractivity contribution in [1.29, 1.82) is 0 Å². The Morgan fingerprint density at radius 2 is 1.50 bits per heavy atom. The van der Waals surface area contributed by atoms with E-state index in [1.807, 2.05) is 6.07 Å². The molecule has 0 bridgehead atoms. The minimum Gasteiger partial charge on any atom is -0.394 e. The maximum Gasteiger partial charge on any atom is 0.0613 e. The largest absolute Gasteiger partial charge is 0.394 e. The van der Waals surface area contributed by atoms with Crippen molar-refractivity contribution in [2.45, 2.75) is 59.0 Å². The number of nitrogens with one attached hydrogen (secondary N) is 1. The van der Waals surface area contributed by atoms with Crippen molar-refractivity contribution in [3.05, 3.63) is 35.9 Å². The Balaban J connectivity index is 2.12. The molecule has 1 fully saturated rings. The quantitative estimate of drug-likeness (QED) is 0.877. The monoisotopic (exact) mass is 275 g/mol. The molecule has 0 aliphatic heterocycles. The van der Waals surface area contributed by atoms with Gasteiger partial charge in [-0.15, -0.1) is 0 Å². The van der Waals surface area contributed by atoms with Crippen molar-refractivity contribution in [1.82, 2.24) is 5.32 Å². The van der Waals surface area contributed by atoms with Gasteiger partial charge in [-0.3, -0.25) is 0 Å². The van der Waals surface area contributed by atoms with E-state index >= 15 is 0 Å². The topological polar surface area (TPSA) is 32.3 Å². The van der Waals surface area contributed by atoms with Crippen LogP contribution in [0.5, 0.6) is 0 Å². The Hall–Kier alpha value is -0.860. The summed E-state index contributed by atoms with van der Waals surface area (Å²) in [5.41, 5.74) is 1.67. The molecular weight excluding hydrogens is 246 g/mol. The van der Waals surface area contributed by atoms with Crippen LogP contribution >= 0.6 is 0 Å². The molecule has 0 radical (unpaired) electrons. The van der Waals surface area contributed by atoms with Gasteiger partial charge in [-0.2, -0.15) is 0 Å². The summed E-state index contributed by atoms with van der Waals surface area (Å²) in [6, 6.07) is 10.4. The molecule has 112 valence electrons. The van der Waals surface area contributed by atoms with Crippen LogP contribution in [0, 0.1) is 10.8 Å². The predicted octanol–water partition coefficient (Wildman–Crippen LogP) is 3.74. The van der Waals surface area contributed by atoms with Crippen molar-refractivity contribution >= 4 is 0 Å². The minimum absolute atomic E-state index is 0.152. The average Bonchev–Trinajstić information content (AvgIpc) is 2.34. The molecule has 0 spiro atoms. The van der Waals surface area contributed by atoms with E-state index in [1.54, 1.807) is 0 Å². The Morgan fingerprint density at radius 3 is 2.00 bits per heavy atom. The van der Waals surface area contributed by atoms with Gasteiger partial charge in [-0.25, -0.2) is 0 Å². The Labute approximate surface area is 123 Å². The van der Waals surface area contributed by atoms with E-state index in [2.05, 4.69) is 57.3 Å². The SMILES string of the molecule is CC1(C)CC(C)(C)CC(CO)(NCc2ccccc2)C1. The first-order valence-corrected chi connectivity index (χ1v) is 7.66. The molecule has 0 aromatic heterocycles. The molecule has 0 unspecified atom stereocenters. The van der Waals surface area contributed by atoms with E-state index < -0.39 is 0 Å². The van der Waals surface area contributed by atoms with Crippen LogP contribution in [0.1, 0.15) is 52.5 Å². The summed E-state index contributed by atoms with van der Waals surface area (Å²) in [6.45, 7) is 10.3. The second kappa shape index (κ2) is 5.50. The third-order valence-corrected chi connectivity index (χ3v) is 4.40. The highest BCUT2D eigenvalue weighted by Gasteiger charge is 2.46. The number of aliphatic hydroxyl groups excluding tert-OH is 1. The first kappa shape index (κ1) is 15.5. The fourth-order valence-electron chi connectivity index (χ4n) is 4.49. The van der Waals surface area contributed by atoms with Crippen molar-refractivity contribution in [2.24, 2.45) is 10.8 Å². The molecule has 20 heavy (non-hydrogen) atoms. The fraction of sp³-hybridized carbons (Fsp3) is 0.667. The Morgan fingerprint density at radius 1 is 0.950 bits per heavy atom. The average molecular weight is 275 g/mol. The zero-order chi connectivity index (χ0) is 14.9. The number of hydrogen-bond acceptors (Lipinski definition) is 2. The van der Waals surface area contributed by atoms with E-state index in [0.717, 1.165) is 19.4 Å². The summed E-state index contributed by atoms with van der Waals surface area (Å²) in [5, 5.41) is 13.7. The lowest BCUT2D eigenvalue weighted by atomic mass is 9.58. The van der Waals surface area contributed by atoms with Gasteiger partial charge in [0.2, 0.25) is 0 Å². The zero-order valence-electron chi connectivity index (χ0n) is 13.4. The van der Waals surface area contributed by atoms with Crippen LogP contribution in [0.2, 0.25) is 0 Å². The van der Waals surface area contributed by atoms with Crippen LogP contribution in [-0.4, -0.2) is 17.3 Å². The second-order valence-electron chi connectivity index (χ2n) is 8.14. The van der Waals surface area contributed by atoms with Gasteiger partial charge in [-0.05, 0) is 35.7 Å². The normalized spacial score (nSPS) is 23.4. The molecule has 1 aromatic rings. The molecule has 1 aliphatic carbocycles.